The Morgan fingerprint density at radius 3 is 3.15 bits per heavy atom. The molecular formula is C14H18N4O2. The SMILES string of the molecule is Cc1cc(CN2CCC(COc3cnccn3)C2)no1. The van der Waals surface area contributed by atoms with E-state index >= 15 is 0 Å². The maximum absolute atomic E-state index is 5.66. The monoisotopic (exact) mass is 274 g/mol. The molecule has 1 aliphatic heterocycles. The minimum absolute atomic E-state index is 0.532. The van der Waals surface area contributed by atoms with Gasteiger partial charge in [0.25, 0.3) is 0 Å². The van der Waals surface area contributed by atoms with Crippen LogP contribution in [0.25, 0.3) is 0 Å². The van der Waals surface area contributed by atoms with Crippen LogP contribution in [-0.2, 0) is 6.54 Å². The fourth-order valence-corrected chi connectivity index (χ4v) is 2.48. The van der Waals surface area contributed by atoms with Gasteiger partial charge in [-0.05, 0) is 19.9 Å². The van der Waals surface area contributed by atoms with Crippen LogP contribution in [0.3, 0.4) is 0 Å². The van der Waals surface area contributed by atoms with Crippen molar-refractivity contribution in [2.24, 2.45) is 5.92 Å². The summed E-state index contributed by atoms with van der Waals surface area (Å²) in [6.45, 7) is 5.54. The number of likely N-dealkylation sites (tertiary alicyclic amines) is 1. The average molecular weight is 274 g/mol. The predicted octanol–water partition coefficient (Wildman–Crippen LogP) is 1.67. The fourth-order valence-electron chi connectivity index (χ4n) is 2.48. The molecule has 1 aliphatic rings. The van der Waals surface area contributed by atoms with Gasteiger partial charge in [0.15, 0.2) is 0 Å². The van der Waals surface area contributed by atoms with Gasteiger partial charge in [0.05, 0.1) is 18.5 Å². The molecule has 3 heterocycles. The Bertz CT molecular complexity index is 543. The molecule has 20 heavy (non-hydrogen) atoms. The second-order valence-electron chi connectivity index (χ2n) is 5.17. The van der Waals surface area contributed by atoms with Crippen molar-refractivity contribution in [2.45, 2.75) is 19.9 Å². The van der Waals surface area contributed by atoms with Crippen LogP contribution in [0.1, 0.15) is 17.9 Å². The van der Waals surface area contributed by atoms with Crippen LogP contribution in [0.5, 0.6) is 5.88 Å². The molecule has 2 aromatic heterocycles. The van der Waals surface area contributed by atoms with Crippen LogP contribution in [0, 0.1) is 12.8 Å². The molecule has 0 radical (unpaired) electrons. The van der Waals surface area contributed by atoms with E-state index in [2.05, 4.69) is 20.0 Å². The molecular weight excluding hydrogens is 256 g/mol. The van der Waals surface area contributed by atoms with Crippen molar-refractivity contribution in [2.75, 3.05) is 19.7 Å². The standard InChI is InChI=1S/C14H18N4O2/c1-11-6-13(17-20-11)9-18-5-2-12(8-18)10-19-14-7-15-3-4-16-14/h3-4,6-7,12H,2,5,8-10H2,1H3. The Kier molecular flexibility index (Phi) is 3.92. The third-order valence-corrected chi connectivity index (χ3v) is 3.44. The Labute approximate surface area is 117 Å². The van der Waals surface area contributed by atoms with Gasteiger partial charge in [-0.25, -0.2) is 4.98 Å². The molecule has 0 N–H and O–H groups in total. The van der Waals surface area contributed by atoms with Gasteiger partial charge >= 0.3 is 0 Å². The molecule has 3 rings (SSSR count). The molecule has 0 spiro atoms. The van der Waals surface area contributed by atoms with Crippen LogP contribution in [0.2, 0.25) is 0 Å². The number of hydrogen-bond acceptors (Lipinski definition) is 6. The first kappa shape index (κ1) is 13.1. The third kappa shape index (κ3) is 3.33. The second kappa shape index (κ2) is 6.00. The Hall–Kier alpha value is -1.95. The predicted molar refractivity (Wildman–Crippen MR) is 72.2 cm³/mol. The minimum Gasteiger partial charge on any atom is -0.476 e. The molecule has 0 saturated carbocycles. The highest BCUT2D eigenvalue weighted by atomic mass is 16.5. The highest BCUT2D eigenvalue weighted by molar-refractivity contribution is 5.04. The van der Waals surface area contributed by atoms with Crippen LogP contribution in [0.4, 0.5) is 0 Å². The zero-order valence-electron chi connectivity index (χ0n) is 11.5. The van der Waals surface area contributed by atoms with E-state index in [1.54, 1.807) is 18.6 Å². The highest BCUT2D eigenvalue weighted by Gasteiger charge is 2.23. The molecule has 0 aromatic carbocycles. The van der Waals surface area contributed by atoms with E-state index in [0.717, 1.165) is 37.5 Å². The van der Waals surface area contributed by atoms with Crippen molar-refractivity contribution in [3.05, 3.63) is 36.1 Å². The first-order chi connectivity index (χ1) is 9.79. The zero-order valence-corrected chi connectivity index (χ0v) is 11.5. The van der Waals surface area contributed by atoms with Crippen molar-refractivity contribution in [3.63, 3.8) is 0 Å². The minimum atomic E-state index is 0.532. The van der Waals surface area contributed by atoms with E-state index in [1.807, 2.05) is 13.0 Å². The fraction of sp³-hybridized carbons (Fsp3) is 0.500. The second-order valence-corrected chi connectivity index (χ2v) is 5.17. The lowest BCUT2D eigenvalue weighted by atomic mass is 10.1. The quantitative estimate of drug-likeness (QED) is 0.826. The van der Waals surface area contributed by atoms with E-state index in [1.165, 1.54) is 0 Å². The van der Waals surface area contributed by atoms with Gasteiger partial charge in [0.1, 0.15) is 5.76 Å². The Balaban J connectivity index is 1.45. The van der Waals surface area contributed by atoms with Crippen LogP contribution >= 0.6 is 0 Å². The molecule has 2 aromatic rings. The number of aromatic nitrogens is 3. The molecule has 1 atom stereocenters. The lowest BCUT2D eigenvalue weighted by Crippen LogP contribution is -2.22. The van der Waals surface area contributed by atoms with Gasteiger partial charge < -0.3 is 9.26 Å². The van der Waals surface area contributed by atoms with E-state index in [4.69, 9.17) is 9.26 Å². The summed E-state index contributed by atoms with van der Waals surface area (Å²) in [4.78, 5) is 10.5. The molecule has 6 heteroatoms. The summed E-state index contributed by atoms with van der Waals surface area (Å²) < 4.78 is 10.7. The first-order valence-electron chi connectivity index (χ1n) is 6.83. The Morgan fingerprint density at radius 2 is 2.40 bits per heavy atom. The molecule has 0 aliphatic carbocycles. The van der Waals surface area contributed by atoms with Crippen molar-refractivity contribution >= 4 is 0 Å². The van der Waals surface area contributed by atoms with Crippen LogP contribution in [-0.4, -0.2) is 39.7 Å². The highest BCUT2D eigenvalue weighted by Crippen LogP contribution is 2.19. The number of rotatable bonds is 5. The number of hydrogen-bond donors (Lipinski definition) is 0. The summed E-state index contributed by atoms with van der Waals surface area (Å²) in [5.74, 6) is 1.99. The number of aryl methyl sites for hydroxylation is 1. The summed E-state index contributed by atoms with van der Waals surface area (Å²) >= 11 is 0. The lowest BCUT2D eigenvalue weighted by molar-refractivity contribution is 0.229. The van der Waals surface area contributed by atoms with Gasteiger partial charge in [-0.1, -0.05) is 5.16 Å². The topological polar surface area (TPSA) is 64.3 Å². The molecule has 1 fully saturated rings. The first-order valence-corrected chi connectivity index (χ1v) is 6.83. The normalized spacial score (nSPS) is 19.4. The number of nitrogens with zero attached hydrogens (tertiary/aromatic N) is 4. The molecule has 0 amide bonds. The summed E-state index contributed by atoms with van der Waals surface area (Å²) in [6.07, 6.45) is 6.06. The summed E-state index contributed by atoms with van der Waals surface area (Å²) in [5.41, 5.74) is 0.998. The van der Waals surface area contributed by atoms with E-state index in [0.29, 0.717) is 18.4 Å². The number of ether oxygens (including phenoxy) is 1. The van der Waals surface area contributed by atoms with Crippen molar-refractivity contribution in [1.29, 1.82) is 0 Å². The summed E-state index contributed by atoms with van der Waals surface area (Å²) in [6, 6.07) is 1.99. The molecule has 0 bridgehead atoms. The summed E-state index contributed by atoms with van der Waals surface area (Å²) in [7, 11) is 0. The van der Waals surface area contributed by atoms with Crippen molar-refractivity contribution < 1.29 is 9.26 Å². The van der Waals surface area contributed by atoms with Gasteiger partial charge in [-0.3, -0.25) is 9.88 Å². The van der Waals surface area contributed by atoms with E-state index < -0.39 is 0 Å². The molecule has 1 unspecified atom stereocenters. The van der Waals surface area contributed by atoms with Gasteiger partial charge in [0.2, 0.25) is 5.88 Å². The largest absolute Gasteiger partial charge is 0.476 e. The van der Waals surface area contributed by atoms with Crippen molar-refractivity contribution in [1.82, 2.24) is 20.0 Å². The van der Waals surface area contributed by atoms with Crippen molar-refractivity contribution in [3.8, 4) is 5.88 Å². The maximum Gasteiger partial charge on any atom is 0.232 e. The average Bonchev–Trinajstić information content (AvgIpc) is 3.08. The Morgan fingerprint density at radius 1 is 1.45 bits per heavy atom. The molecule has 106 valence electrons. The third-order valence-electron chi connectivity index (χ3n) is 3.44. The molecule has 1 saturated heterocycles. The van der Waals surface area contributed by atoms with Gasteiger partial charge in [-0.2, -0.15) is 0 Å². The molecule has 6 nitrogen and oxygen atoms in total. The van der Waals surface area contributed by atoms with Crippen LogP contribution < -0.4 is 4.74 Å². The van der Waals surface area contributed by atoms with E-state index in [9.17, 15) is 0 Å². The zero-order chi connectivity index (χ0) is 13.8. The van der Waals surface area contributed by atoms with Gasteiger partial charge in [0, 0.05) is 37.5 Å². The van der Waals surface area contributed by atoms with Crippen LogP contribution in [0.15, 0.2) is 29.2 Å². The lowest BCUT2D eigenvalue weighted by Gasteiger charge is -2.14. The van der Waals surface area contributed by atoms with E-state index in [-0.39, 0.29) is 0 Å². The maximum atomic E-state index is 5.66. The van der Waals surface area contributed by atoms with Gasteiger partial charge in [-0.15, -0.1) is 0 Å². The summed E-state index contributed by atoms with van der Waals surface area (Å²) in [5, 5.41) is 4.03. The smallest absolute Gasteiger partial charge is 0.232 e.